The first-order chi connectivity index (χ1) is 8.09. The number of benzene rings is 1. The second kappa shape index (κ2) is 6.55. The van der Waals surface area contributed by atoms with Crippen LogP contribution in [0.2, 0.25) is 0 Å². The Morgan fingerprint density at radius 3 is 2.83 bits per heavy atom. The van der Waals surface area contributed by atoms with E-state index in [2.05, 4.69) is 28.2 Å². The van der Waals surface area contributed by atoms with Crippen molar-refractivity contribution in [1.29, 1.82) is 0 Å². The Hall–Kier alpha value is -0.580. The lowest BCUT2D eigenvalue weighted by molar-refractivity contribution is 0.0655. The van der Waals surface area contributed by atoms with Gasteiger partial charge in [0.05, 0.1) is 0 Å². The number of nitrogens with zero attached hydrogens (tertiary/aromatic N) is 1. The van der Waals surface area contributed by atoms with Crippen molar-refractivity contribution in [3.8, 4) is 0 Å². The number of aryl methyl sites for hydroxylation is 1. The van der Waals surface area contributed by atoms with Crippen molar-refractivity contribution in [2.75, 3.05) is 19.6 Å². The Bertz CT molecular complexity index is 439. The van der Waals surface area contributed by atoms with Crippen LogP contribution in [0.3, 0.4) is 0 Å². The van der Waals surface area contributed by atoms with Crippen LogP contribution in [0, 0.1) is 6.92 Å². The van der Waals surface area contributed by atoms with E-state index in [4.69, 9.17) is 0 Å². The highest BCUT2D eigenvalue weighted by atomic mass is 79.9. The molecule has 1 heterocycles. The normalized spacial score (nSPS) is 19.3. The maximum Gasteiger partial charge on any atom is 0.254 e. The summed E-state index contributed by atoms with van der Waals surface area (Å²) < 4.78 is 0.992. The van der Waals surface area contributed by atoms with E-state index in [0.717, 1.165) is 35.2 Å². The molecule has 0 bridgehead atoms. The summed E-state index contributed by atoms with van der Waals surface area (Å²) in [5, 5.41) is 3.29. The lowest BCUT2D eigenvalue weighted by atomic mass is 10.1. The Morgan fingerprint density at radius 2 is 2.22 bits per heavy atom. The topological polar surface area (TPSA) is 32.3 Å². The molecule has 1 aliphatic rings. The van der Waals surface area contributed by atoms with Gasteiger partial charge in [0.1, 0.15) is 0 Å². The van der Waals surface area contributed by atoms with Gasteiger partial charge < -0.3 is 10.2 Å². The lowest BCUT2D eigenvalue weighted by Crippen LogP contribution is -2.52. The monoisotopic (exact) mass is 332 g/mol. The third-order valence-electron chi connectivity index (χ3n) is 3.18. The molecule has 0 aromatic heterocycles. The molecule has 1 aliphatic heterocycles. The zero-order valence-corrected chi connectivity index (χ0v) is 13.0. The van der Waals surface area contributed by atoms with E-state index in [1.807, 2.05) is 30.0 Å². The summed E-state index contributed by atoms with van der Waals surface area (Å²) in [6.07, 6.45) is 0. The standard InChI is InChI=1S/C13H17BrN2O.ClH/c1-9-3-4-11(7-12(9)14)13(17)16-6-5-15-8-10(16)2;/h3-4,7,10,15H,5-6,8H2,1-2H3;1H. The summed E-state index contributed by atoms with van der Waals surface area (Å²) in [7, 11) is 0. The van der Waals surface area contributed by atoms with Crippen LogP contribution < -0.4 is 5.32 Å². The Kier molecular flexibility index (Phi) is 5.63. The maximum absolute atomic E-state index is 12.4. The van der Waals surface area contributed by atoms with Gasteiger partial charge in [-0.15, -0.1) is 12.4 Å². The molecule has 1 unspecified atom stereocenters. The zero-order chi connectivity index (χ0) is 12.4. The van der Waals surface area contributed by atoms with Crippen LogP contribution in [0.1, 0.15) is 22.8 Å². The summed E-state index contributed by atoms with van der Waals surface area (Å²) in [4.78, 5) is 14.3. The third kappa shape index (κ3) is 3.25. The summed E-state index contributed by atoms with van der Waals surface area (Å²) in [6.45, 7) is 6.63. The van der Waals surface area contributed by atoms with Crippen LogP contribution in [0.4, 0.5) is 0 Å². The summed E-state index contributed by atoms with van der Waals surface area (Å²) in [5.74, 6) is 0.125. The van der Waals surface area contributed by atoms with Gasteiger partial charge in [-0.1, -0.05) is 22.0 Å². The van der Waals surface area contributed by atoms with Crippen molar-refractivity contribution in [3.63, 3.8) is 0 Å². The van der Waals surface area contributed by atoms with Crippen molar-refractivity contribution in [2.45, 2.75) is 19.9 Å². The highest BCUT2D eigenvalue weighted by molar-refractivity contribution is 9.10. The molecule has 100 valence electrons. The molecule has 0 saturated carbocycles. The first-order valence-electron chi connectivity index (χ1n) is 5.87. The summed E-state index contributed by atoms with van der Waals surface area (Å²) in [5.41, 5.74) is 1.91. The molecule has 2 rings (SSSR count). The second-order valence-corrected chi connectivity index (χ2v) is 5.37. The number of carbonyl (C=O) groups is 1. The van der Waals surface area contributed by atoms with Crippen molar-refractivity contribution in [1.82, 2.24) is 10.2 Å². The van der Waals surface area contributed by atoms with Crippen LogP contribution >= 0.6 is 28.3 Å². The van der Waals surface area contributed by atoms with Gasteiger partial charge in [0.25, 0.3) is 5.91 Å². The average molecular weight is 334 g/mol. The quantitative estimate of drug-likeness (QED) is 0.857. The third-order valence-corrected chi connectivity index (χ3v) is 4.04. The molecular weight excluding hydrogens is 316 g/mol. The molecule has 1 aromatic carbocycles. The number of hydrogen-bond donors (Lipinski definition) is 1. The van der Waals surface area contributed by atoms with Crippen molar-refractivity contribution >= 4 is 34.2 Å². The second-order valence-electron chi connectivity index (χ2n) is 4.52. The van der Waals surface area contributed by atoms with E-state index in [0.29, 0.717) is 0 Å². The van der Waals surface area contributed by atoms with Crippen LogP contribution in [-0.2, 0) is 0 Å². The molecule has 5 heteroatoms. The predicted octanol–water partition coefficient (Wildman–Crippen LogP) is 2.61. The first kappa shape index (κ1) is 15.5. The number of nitrogens with one attached hydrogen (secondary N) is 1. The molecule has 1 saturated heterocycles. The molecule has 1 aromatic rings. The fraction of sp³-hybridized carbons (Fsp3) is 0.462. The van der Waals surface area contributed by atoms with E-state index in [9.17, 15) is 4.79 Å². The van der Waals surface area contributed by atoms with Gasteiger partial charge in [0.2, 0.25) is 0 Å². The van der Waals surface area contributed by atoms with Crippen molar-refractivity contribution in [3.05, 3.63) is 33.8 Å². The predicted molar refractivity (Wildman–Crippen MR) is 79.5 cm³/mol. The Labute approximate surface area is 122 Å². The largest absolute Gasteiger partial charge is 0.333 e. The minimum atomic E-state index is 0. The molecule has 1 fully saturated rings. The van der Waals surface area contributed by atoms with E-state index >= 15 is 0 Å². The highest BCUT2D eigenvalue weighted by Gasteiger charge is 2.24. The van der Waals surface area contributed by atoms with Crippen LogP contribution in [0.25, 0.3) is 0 Å². The molecule has 1 N–H and O–H groups in total. The zero-order valence-electron chi connectivity index (χ0n) is 10.6. The number of amides is 1. The van der Waals surface area contributed by atoms with E-state index < -0.39 is 0 Å². The number of halogens is 2. The molecule has 3 nitrogen and oxygen atoms in total. The molecule has 0 aliphatic carbocycles. The van der Waals surface area contributed by atoms with Gasteiger partial charge in [-0.3, -0.25) is 4.79 Å². The SMILES string of the molecule is Cc1ccc(C(=O)N2CCNCC2C)cc1Br.Cl. The summed E-state index contributed by atoms with van der Waals surface area (Å²) in [6, 6.07) is 6.05. The van der Waals surface area contributed by atoms with Gasteiger partial charge in [0, 0.05) is 35.7 Å². The van der Waals surface area contributed by atoms with Gasteiger partial charge >= 0.3 is 0 Å². The first-order valence-corrected chi connectivity index (χ1v) is 6.66. The smallest absolute Gasteiger partial charge is 0.254 e. The average Bonchev–Trinajstić information content (AvgIpc) is 2.32. The summed E-state index contributed by atoms with van der Waals surface area (Å²) >= 11 is 3.47. The number of rotatable bonds is 1. The van der Waals surface area contributed by atoms with Crippen LogP contribution in [-0.4, -0.2) is 36.5 Å². The van der Waals surface area contributed by atoms with Gasteiger partial charge in [-0.25, -0.2) is 0 Å². The van der Waals surface area contributed by atoms with Crippen molar-refractivity contribution in [2.24, 2.45) is 0 Å². The number of hydrogen-bond acceptors (Lipinski definition) is 2. The van der Waals surface area contributed by atoms with Gasteiger partial charge in [-0.2, -0.15) is 0 Å². The fourth-order valence-electron chi connectivity index (χ4n) is 2.03. The number of carbonyl (C=O) groups excluding carboxylic acids is 1. The van der Waals surface area contributed by atoms with Crippen molar-refractivity contribution < 1.29 is 4.79 Å². The Morgan fingerprint density at radius 1 is 1.50 bits per heavy atom. The molecule has 18 heavy (non-hydrogen) atoms. The molecular formula is C13H18BrClN2O. The molecule has 1 atom stereocenters. The lowest BCUT2D eigenvalue weighted by Gasteiger charge is -2.34. The van der Waals surface area contributed by atoms with E-state index in [1.165, 1.54) is 0 Å². The van der Waals surface area contributed by atoms with Gasteiger partial charge in [0.15, 0.2) is 0 Å². The van der Waals surface area contributed by atoms with Gasteiger partial charge in [-0.05, 0) is 31.5 Å². The minimum Gasteiger partial charge on any atom is -0.333 e. The highest BCUT2D eigenvalue weighted by Crippen LogP contribution is 2.19. The van der Waals surface area contributed by atoms with Crippen LogP contribution in [0.5, 0.6) is 0 Å². The van der Waals surface area contributed by atoms with E-state index in [1.54, 1.807) is 0 Å². The Balaban J connectivity index is 0.00000162. The maximum atomic E-state index is 12.4. The number of piperazine rings is 1. The van der Waals surface area contributed by atoms with E-state index in [-0.39, 0.29) is 24.4 Å². The fourth-order valence-corrected chi connectivity index (χ4v) is 2.41. The van der Waals surface area contributed by atoms with Crippen LogP contribution in [0.15, 0.2) is 22.7 Å². The minimum absolute atomic E-state index is 0. The molecule has 0 radical (unpaired) electrons. The molecule has 1 amide bonds. The molecule has 0 spiro atoms.